The van der Waals surface area contributed by atoms with E-state index in [0.29, 0.717) is 29.4 Å². The standard InChI is InChI=1S/C31H30N8O2/c1-2-26(23-10-4-3-5-11-23)34-29-24-12-6-7-13-27(24)35-30(25(29)15-32)39(17-22-9-8-14-33-16-22)28-18-38(37-36-28)19-31(40)20-41-21-31/h3-14,16,18,26,40H,2,17,19-21H2,1H3,(H,34,35)/t26-/m1/s1. The van der Waals surface area contributed by atoms with Crippen LogP contribution >= 0.6 is 0 Å². The smallest absolute Gasteiger partial charge is 0.177 e. The van der Waals surface area contributed by atoms with Crippen molar-refractivity contribution in [2.75, 3.05) is 23.4 Å². The van der Waals surface area contributed by atoms with Crippen molar-refractivity contribution >= 4 is 28.2 Å². The predicted octanol–water partition coefficient (Wildman–Crippen LogP) is 4.76. The molecule has 0 bridgehead atoms. The molecular formula is C31H30N8O2. The Labute approximate surface area is 237 Å². The predicted molar refractivity (Wildman–Crippen MR) is 155 cm³/mol. The van der Waals surface area contributed by atoms with Crippen LogP contribution in [0.5, 0.6) is 0 Å². The minimum absolute atomic E-state index is 0.0138. The minimum Gasteiger partial charge on any atom is -0.383 e. The lowest BCUT2D eigenvalue weighted by Crippen LogP contribution is -2.52. The van der Waals surface area contributed by atoms with Crippen LogP contribution in [-0.2, 0) is 17.8 Å². The third-order valence-electron chi connectivity index (χ3n) is 7.23. The van der Waals surface area contributed by atoms with Gasteiger partial charge in [-0.05, 0) is 29.7 Å². The number of para-hydroxylation sites is 1. The monoisotopic (exact) mass is 546 g/mol. The second kappa shape index (κ2) is 11.3. The molecule has 0 spiro atoms. The number of pyridine rings is 2. The highest BCUT2D eigenvalue weighted by Crippen LogP contribution is 2.38. The number of benzene rings is 2. The van der Waals surface area contributed by atoms with E-state index in [9.17, 15) is 10.4 Å². The third-order valence-corrected chi connectivity index (χ3v) is 7.23. The maximum atomic E-state index is 10.6. The zero-order valence-corrected chi connectivity index (χ0v) is 22.7. The first-order valence-electron chi connectivity index (χ1n) is 13.6. The molecule has 206 valence electrons. The van der Waals surface area contributed by atoms with Crippen LogP contribution in [0.3, 0.4) is 0 Å². The van der Waals surface area contributed by atoms with Crippen LogP contribution in [0.25, 0.3) is 10.9 Å². The van der Waals surface area contributed by atoms with Gasteiger partial charge in [0, 0.05) is 17.8 Å². The van der Waals surface area contributed by atoms with E-state index in [1.54, 1.807) is 23.3 Å². The first-order chi connectivity index (χ1) is 20.1. The Bertz CT molecular complexity index is 1680. The number of anilines is 3. The van der Waals surface area contributed by atoms with E-state index in [-0.39, 0.29) is 25.8 Å². The number of rotatable bonds is 10. The normalized spacial score (nSPS) is 14.7. The van der Waals surface area contributed by atoms with Crippen LogP contribution in [0, 0.1) is 11.3 Å². The first kappa shape index (κ1) is 26.4. The SMILES string of the molecule is CC[C@@H](Nc1c(C#N)c(N(Cc2cccnc2)c2cn(CC3(O)COC3)nn2)nc2ccccc12)c1ccccc1. The molecule has 1 atom stereocenters. The number of nitrogens with one attached hydrogen (secondary N) is 1. The lowest BCUT2D eigenvalue weighted by molar-refractivity contribution is -0.186. The first-order valence-corrected chi connectivity index (χ1v) is 13.6. The van der Waals surface area contributed by atoms with Gasteiger partial charge in [-0.25, -0.2) is 9.67 Å². The summed E-state index contributed by atoms with van der Waals surface area (Å²) in [5.41, 5.74) is 2.95. The summed E-state index contributed by atoms with van der Waals surface area (Å²) in [4.78, 5) is 11.1. The van der Waals surface area contributed by atoms with E-state index in [1.165, 1.54) is 0 Å². The molecule has 3 aromatic heterocycles. The summed E-state index contributed by atoms with van der Waals surface area (Å²) in [5, 5.41) is 34.5. The summed E-state index contributed by atoms with van der Waals surface area (Å²) in [6.45, 7) is 3.23. The minimum atomic E-state index is -0.970. The van der Waals surface area contributed by atoms with Gasteiger partial charge in [0.2, 0.25) is 0 Å². The molecule has 10 heteroatoms. The summed E-state index contributed by atoms with van der Waals surface area (Å²) < 4.78 is 6.79. The molecule has 5 aromatic rings. The molecule has 1 aliphatic rings. The number of nitrogens with zero attached hydrogens (tertiary/aromatic N) is 7. The number of hydrogen-bond acceptors (Lipinski definition) is 9. The molecule has 1 fully saturated rings. The van der Waals surface area contributed by atoms with Crippen molar-refractivity contribution in [3.05, 3.63) is 102 Å². The van der Waals surface area contributed by atoms with Crippen molar-refractivity contribution in [3.8, 4) is 6.07 Å². The average molecular weight is 547 g/mol. The molecule has 0 amide bonds. The molecule has 1 saturated heterocycles. The van der Waals surface area contributed by atoms with Gasteiger partial charge >= 0.3 is 0 Å². The van der Waals surface area contributed by atoms with Gasteiger partial charge in [0.25, 0.3) is 0 Å². The van der Waals surface area contributed by atoms with Crippen molar-refractivity contribution < 1.29 is 9.84 Å². The molecular weight excluding hydrogens is 516 g/mol. The quantitative estimate of drug-likeness (QED) is 0.255. The summed E-state index contributed by atoms with van der Waals surface area (Å²) in [7, 11) is 0. The van der Waals surface area contributed by atoms with Gasteiger partial charge in [-0.3, -0.25) is 4.98 Å². The Morgan fingerprint density at radius 1 is 1.12 bits per heavy atom. The van der Waals surface area contributed by atoms with Crippen LogP contribution in [0.1, 0.15) is 36.1 Å². The van der Waals surface area contributed by atoms with E-state index in [2.05, 4.69) is 45.7 Å². The van der Waals surface area contributed by atoms with Crippen LogP contribution in [0.2, 0.25) is 0 Å². The maximum Gasteiger partial charge on any atom is 0.177 e. The molecule has 2 N–H and O–H groups in total. The van der Waals surface area contributed by atoms with E-state index in [0.717, 1.165) is 28.5 Å². The number of fused-ring (bicyclic) bond motifs is 1. The van der Waals surface area contributed by atoms with Gasteiger partial charge in [0.15, 0.2) is 11.6 Å². The molecule has 0 unspecified atom stereocenters. The Morgan fingerprint density at radius 3 is 2.63 bits per heavy atom. The molecule has 1 aliphatic heterocycles. The number of aliphatic hydroxyl groups is 1. The molecule has 41 heavy (non-hydrogen) atoms. The van der Waals surface area contributed by atoms with Gasteiger partial charge in [-0.1, -0.05) is 66.7 Å². The van der Waals surface area contributed by atoms with E-state index in [1.807, 2.05) is 59.5 Å². The van der Waals surface area contributed by atoms with Crippen molar-refractivity contribution in [3.63, 3.8) is 0 Å². The van der Waals surface area contributed by atoms with Gasteiger partial charge in [0.05, 0.1) is 49.7 Å². The van der Waals surface area contributed by atoms with E-state index in [4.69, 9.17) is 9.72 Å². The van der Waals surface area contributed by atoms with Crippen LogP contribution in [-0.4, -0.2) is 48.9 Å². The average Bonchev–Trinajstić information content (AvgIpc) is 3.46. The number of hydrogen-bond donors (Lipinski definition) is 2. The van der Waals surface area contributed by atoms with Gasteiger partial charge in [-0.15, -0.1) is 5.10 Å². The summed E-state index contributed by atoms with van der Waals surface area (Å²) in [6.07, 6.45) is 6.08. The fourth-order valence-corrected chi connectivity index (χ4v) is 5.09. The van der Waals surface area contributed by atoms with Gasteiger partial charge in [-0.2, -0.15) is 5.26 Å². The van der Waals surface area contributed by atoms with Gasteiger partial charge in [0.1, 0.15) is 17.2 Å². The van der Waals surface area contributed by atoms with E-state index < -0.39 is 5.60 Å². The highest BCUT2D eigenvalue weighted by Gasteiger charge is 2.37. The molecule has 2 aromatic carbocycles. The number of nitriles is 1. The number of ether oxygens (including phenoxy) is 1. The lowest BCUT2D eigenvalue weighted by Gasteiger charge is -2.35. The lowest BCUT2D eigenvalue weighted by atomic mass is 10.0. The summed E-state index contributed by atoms with van der Waals surface area (Å²) >= 11 is 0. The van der Waals surface area contributed by atoms with Crippen LogP contribution < -0.4 is 10.2 Å². The van der Waals surface area contributed by atoms with Gasteiger partial charge < -0.3 is 20.1 Å². The zero-order valence-electron chi connectivity index (χ0n) is 22.7. The van der Waals surface area contributed by atoms with Crippen molar-refractivity contribution in [2.24, 2.45) is 0 Å². The molecule has 0 aliphatic carbocycles. The number of aromatic nitrogens is 5. The molecule has 0 radical (unpaired) electrons. The molecule has 10 nitrogen and oxygen atoms in total. The summed E-state index contributed by atoms with van der Waals surface area (Å²) in [6, 6.07) is 24.3. The Kier molecular flexibility index (Phi) is 7.29. The van der Waals surface area contributed by atoms with Crippen molar-refractivity contribution in [1.82, 2.24) is 25.0 Å². The third kappa shape index (κ3) is 5.45. The Balaban J connectivity index is 1.48. The van der Waals surface area contributed by atoms with Crippen molar-refractivity contribution in [1.29, 1.82) is 5.26 Å². The molecule has 4 heterocycles. The second-order valence-electron chi connectivity index (χ2n) is 10.3. The fraction of sp³-hybridized carbons (Fsp3) is 0.258. The van der Waals surface area contributed by atoms with E-state index >= 15 is 0 Å². The molecule has 0 saturated carbocycles. The van der Waals surface area contributed by atoms with Crippen LogP contribution in [0.15, 0.2) is 85.3 Å². The summed E-state index contributed by atoms with van der Waals surface area (Å²) in [5.74, 6) is 0.955. The highest BCUT2D eigenvalue weighted by molar-refractivity contribution is 5.97. The second-order valence-corrected chi connectivity index (χ2v) is 10.3. The zero-order chi connectivity index (χ0) is 28.2. The topological polar surface area (TPSA) is 125 Å². The largest absolute Gasteiger partial charge is 0.383 e. The van der Waals surface area contributed by atoms with Crippen molar-refractivity contribution in [2.45, 2.75) is 38.1 Å². The Morgan fingerprint density at radius 2 is 1.93 bits per heavy atom. The maximum absolute atomic E-state index is 10.6. The Hall–Kier alpha value is -4.85. The molecule has 6 rings (SSSR count). The fourth-order valence-electron chi connectivity index (χ4n) is 5.09. The highest BCUT2D eigenvalue weighted by atomic mass is 16.5. The van der Waals surface area contributed by atoms with Crippen LogP contribution in [0.4, 0.5) is 17.3 Å².